The molecule has 16 heavy (non-hydrogen) atoms. The standard InChI is InChI=1S/C15H33B/c1-12(2)9-13(3,4)10-14(5,6)11-15(7,8)16/h12H,9-11,16H2,1-8H3. The molecule has 0 N–H and O–H groups in total. The number of rotatable bonds is 6. The van der Waals surface area contributed by atoms with Gasteiger partial charge in [-0.3, -0.25) is 0 Å². The molecule has 0 heterocycles. The van der Waals surface area contributed by atoms with Crippen molar-refractivity contribution in [3.05, 3.63) is 0 Å². The van der Waals surface area contributed by atoms with Crippen molar-refractivity contribution in [3.63, 3.8) is 0 Å². The molecule has 0 unspecified atom stereocenters. The Morgan fingerprint density at radius 1 is 0.812 bits per heavy atom. The highest BCUT2D eigenvalue weighted by Crippen LogP contribution is 2.45. The highest BCUT2D eigenvalue weighted by atomic mass is 14.4. The molecule has 0 saturated carbocycles. The van der Waals surface area contributed by atoms with Crippen LogP contribution in [-0.2, 0) is 0 Å². The smallest absolute Gasteiger partial charge is 0.0672 e. The molecule has 0 aliphatic rings. The fourth-order valence-corrected chi connectivity index (χ4v) is 3.97. The SMILES string of the molecule is BC(C)(C)CC(C)(C)CC(C)(C)CC(C)C. The molecule has 96 valence electrons. The van der Waals surface area contributed by atoms with E-state index in [1.807, 2.05) is 0 Å². The lowest BCUT2D eigenvalue weighted by molar-refractivity contribution is 0.146. The first kappa shape index (κ1) is 16.1. The van der Waals surface area contributed by atoms with Crippen LogP contribution in [0.5, 0.6) is 0 Å². The molecule has 0 fully saturated rings. The van der Waals surface area contributed by atoms with Gasteiger partial charge in [0.1, 0.15) is 7.85 Å². The van der Waals surface area contributed by atoms with Crippen LogP contribution in [0, 0.1) is 16.7 Å². The molecule has 1 heteroatoms. The summed E-state index contributed by atoms with van der Waals surface area (Å²) >= 11 is 0. The zero-order valence-electron chi connectivity index (χ0n) is 13.2. The minimum atomic E-state index is 0.442. The maximum atomic E-state index is 2.43. The van der Waals surface area contributed by atoms with Gasteiger partial charge in [0, 0.05) is 0 Å². The molecule has 0 nitrogen and oxygen atoms in total. The normalized spacial score (nSPS) is 14.6. The van der Waals surface area contributed by atoms with E-state index in [0.29, 0.717) is 16.1 Å². The summed E-state index contributed by atoms with van der Waals surface area (Å²) < 4.78 is 0. The summed E-state index contributed by atoms with van der Waals surface area (Å²) in [5, 5.41) is 0.442. The van der Waals surface area contributed by atoms with Crippen molar-refractivity contribution in [2.75, 3.05) is 0 Å². The number of hydrogen-bond acceptors (Lipinski definition) is 0. The molecule has 0 radical (unpaired) electrons. The van der Waals surface area contributed by atoms with Crippen molar-refractivity contribution in [2.45, 2.75) is 80.0 Å². The molecule has 0 aromatic rings. The molecule has 0 saturated heterocycles. The molecular formula is C15H33B. The third kappa shape index (κ3) is 8.24. The van der Waals surface area contributed by atoms with E-state index in [1.165, 1.54) is 19.3 Å². The first-order valence-electron chi connectivity index (χ1n) is 6.83. The van der Waals surface area contributed by atoms with Crippen LogP contribution in [0.15, 0.2) is 0 Å². The Morgan fingerprint density at radius 3 is 1.56 bits per heavy atom. The minimum absolute atomic E-state index is 0.442. The van der Waals surface area contributed by atoms with E-state index in [-0.39, 0.29) is 0 Å². The first-order chi connectivity index (χ1) is 6.83. The summed E-state index contributed by atoms with van der Waals surface area (Å²) in [6.45, 7) is 19.1. The van der Waals surface area contributed by atoms with Crippen LogP contribution in [0.2, 0.25) is 5.31 Å². The molecule has 0 aromatic carbocycles. The molecule has 0 aromatic heterocycles. The quantitative estimate of drug-likeness (QED) is 0.574. The van der Waals surface area contributed by atoms with E-state index in [2.05, 4.69) is 63.2 Å². The van der Waals surface area contributed by atoms with E-state index in [0.717, 1.165) is 5.92 Å². The second-order valence-corrected chi connectivity index (χ2v) is 8.84. The maximum Gasteiger partial charge on any atom is 0.108 e. The van der Waals surface area contributed by atoms with Crippen molar-refractivity contribution in [1.29, 1.82) is 0 Å². The van der Waals surface area contributed by atoms with Gasteiger partial charge < -0.3 is 0 Å². The molecular weight excluding hydrogens is 191 g/mol. The fourth-order valence-electron chi connectivity index (χ4n) is 3.97. The van der Waals surface area contributed by atoms with Crippen LogP contribution in [0.1, 0.15) is 74.7 Å². The Labute approximate surface area is 105 Å². The predicted octanol–water partition coefficient (Wildman–Crippen LogP) is 4.70. The van der Waals surface area contributed by atoms with Crippen LogP contribution < -0.4 is 0 Å². The zero-order valence-corrected chi connectivity index (χ0v) is 13.2. The zero-order chi connectivity index (χ0) is 13.2. The predicted molar refractivity (Wildman–Crippen MR) is 78.8 cm³/mol. The van der Waals surface area contributed by atoms with Gasteiger partial charge in [0.05, 0.1) is 0 Å². The Kier molecular flexibility index (Phi) is 5.17. The van der Waals surface area contributed by atoms with E-state index in [4.69, 9.17) is 0 Å². The van der Waals surface area contributed by atoms with Crippen molar-refractivity contribution >= 4 is 7.85 Å². The Morgan fingerprint density at radius 2 is 1.25 bits per heavy atom. The minimum Gasteiger partial charge on any atom is -0.0672 e. The van der Waals surface area contributed by atoms with Crippen molar-refractivity contribution in [3.8, 4) is 0 Å². The van der Waals surface area contributed by atoms with E-state index in [9.17, 15) is 0 Å². The summed E-state index contributed by atoms with van der Waals surface area (Å²) in [5.74, 6) is 0.806. The van der Waals surface area contributed by atoms with Crippen LogP contribution in [-0.4, -0.2) is 7.85 Å². The van der Waals surface area contributed by atoms with Crippen molar-refractivity contribution < 1.29 is 0 Å². The van der Waals surface area contributed by atoms with Gasteiger partial charge in [-0.05, 0) is 29.6 Å². The van der Waals surface area contributed by atoms with Crippen LogP contribution in [0.25, 0.3) is 0 Å². The van der Waals surface area contributed by atoms with Gasteiger partial charge in [0.15, 0.2) is 0 Å². The van der Waals surface area contributed by atoms with Gasteiger partial charge in [-0.2, -0.15) is 0 Å². The van der Waals surface area contributed by atoms with Gasteiger partial charge in [-0.15, -0.1) is 0 Å². The maximum absolute atomic E-state index is 2.43. The molecule has 0 spiro atoms. The van der Waals surface area contributed by atoms with Gasteiger partial charge >= 0.3 is 0 Å². The molecule has 0 rings (SSSR count). The molecule has 0 aliphatic carbocycles. The molecule has 0 bridgehead atoms. The largest absolute Gasteiger partial charge is 0.108 e. The van der Waals surface area contributed by atoms with Gasteiger partial charge in [0.25, 0.3) is 0 Å². The first-order valence-corrected chi connectivity index (χ1v) is 6.83. The topological polar surface area (TPSA) is 0 Å². The summed E-state index contributed by atoms with van der Waals surface area (Å²) in [4.78, 5) is 0. The Bertz CT molecular complexity index is 206. The second-order valence-electron chi connectivity index (χ2n) is 8.84. The second kappa shape index (κ2) is 5.15. The van der Waals surface area contributed by atoms with Gasteiger partial charge in [0.2, 0.25) is 0 Å². The lowest BCUT2D eigenvalue weighted by Gasteiger charge is -2.39. The molecule has 0 aliphatic heterocycles. The average molecular weight is 224 g/mol. The summed E-state index contributed by atoms with van der Waals surface area (Å²) in [7, 11) is 2.35. The highest BCUT2D eigenvalue weighted by molar-refractivity contribution is 6.14. The van der Waals surface area contributed by atoms with Crippen LogP contribution in [0.4, 0.5) is 0 Å². The molecule has 0 atom stereocenters. The third-order valence-electron chi connectivity index (χ3n) is 2.93. The molecule has 0 amide bonds. The highest BCUT2D eigenvalue weighted by Gasteiger charge is 2.32. The number of hydrogen-bond donors (Lipinski definition) is 0. The fraction of sp³-hybridized carbons (Fsp3) is 1.00. The lowest BCUT2D eigenvalue weighted by atomic mass is 9.60. The van der Waals surface area contributed by atoms with Crippen molar-refractivity contribution in [2.24, 2.45) is 16.7 Å². The summed E-state index contributed by atoms with van der Waals surface area (Å²) in [5.41, 5.74) is 0.930. The van der Waals surface area contributed by atoms with Crippen LogP contribution in [0.3, 0.4) is 0 Å². The Balaban J connectivity index is 4.45. The lowest BCUT2D eigenvalue weighted by Crippen LogP contribution is -2.27. The van der Waals surface area contributed by atoms with E-state index in [1.54, 1.807) is 0 Å². The third-order valence-corrected chi connectivity index (χ3v) is 2.93. The van der Waals surface area contributed by atoms with Gasteiger partial charge in [-0.25, -0.2) is 0 Å². The summed E-state index contributed by atoms with van der Waals surface area (Å²) in [6.07, 6.45) is 3.97. The van der Waals surface area contributed by atoms with E-state index >= 15 is 0 Å². The van der Waals surface area contributed by atoms with Crippen LogP contribution >= 0.6 is 0 Å². The average Bonchev–Trinajstić information content (AvgIpc) is 1.69. The van der Waals surface area contributed by atoms with E-state index < -0.39 is 0 Å². The summed E-state index contributed by atoms with van der Waals surface area (Å²) in [6, 6.07) is 0. The van der Waals surface area contributed by atoms with Crippen molar-refractivity contribution in [1.82, 2.24) is 0 Å². The monoisotopic (exact) mass is 224 g/mol. The Hall–Kier alpha value is 0.0649. The van der Waals surface area contributed by atoms with Gasteiger partial charge in [-0.1, -0.05) is 67.1 Å².